The van der Waals surface area contributed by atoms with Gasteiger partial charge in [-0.1, -0.05) is 0 Å². The lowest BCUT2D eigenvalue weighted by Gasteiger charge is -2.02. The first-order chi connectivity index (χ1) is 5.70. The van der Waals surface area contributed by atoms with E-state index in [1.807, 2.05) is 6.92 Å². The number of ether oxygens (including phenoxy) is 1. The Bertz CT molecular complexity index is 272. The molecule has 1 rings (SSSR count). The molecule has 0 atom stereocenters. The SMILES string of the molecule is CC(=S)OCCn1nnnc1C. The Balaban J connectivity index is 2.33. The first-order valence-electron chi connectivity index (χ1n) is 3.56. The van der Waals surface area contributed by atoms with Crippen LogP contribution >= 0.6 is 12.2 Å². The standard InChI is InChI=1S/C6H10N4OS/c1-5-7-8-9-10(5)3-4-11-6(2)12/h3-4H2,1-2H3. The van der Waals surface area contributed by atoms with E-state index in [0.29, 0.717) is 18.2 Å². The largest absolute Gasteiger partial charge is 0.485 e. The highest BCUT2D eigenvalue weighted by Crippen LogP contribution is 1.89. The Hall–Kier alpha value is -1.04. The van der Waals surface area contributed by atoms with Gasteiger partial charge in [0.25, 0.3) is 0 Å². The molecule has 6 heteroatoms. The number of nitrogens with zero attached hydrogens (tertiary/aromatic N) is 4. The molecular formula is C6H10N4OS. The van der Waals surface area contributed by atoms with E-state index in [-0.39, 0.29) is 0 Å². The van der Waals surface area contributed by atoms with Crippen molar-refractivity contribution in [1.29, 1.82) is 0 Å². The Kier molecular flexibility index (Phi) is 3.09. The molecule has 1 aromatic heterocycles. The summed E-state index contributed by atoms with van der Waals surface area (Å²) in [6.07, 6.45) is 0. The van der Waals surface area contributed by atoms with Gasteiger partial charge >= 0.3 is 0 Å². The van der Waals surface area contributed by atoms with Crippen molar-refractivity contribution in [2.45, 2.75) is 20.4 Å². The van der Waals surface area contributed by atoms with Crippen molar-refractivity contribution in [3.8, 4) is 0 Å². The van der Waals surface area contributed by atoms with Crippen molar-refractivity contribution in [1.82, 2.24) is 20.2 Å². The maximum atomic E-state index is 5.09. The number of aryl methyl sites for hydroxylation is 1. The number of rotatable bonds is 3. The molecule has 66 valence electrons. The molecule has 0 unspecified atom stereocenters. The van der Waals surface area contributed by atoms with Gasteiger partial charge in [-0.15, -0.1) is 5.10 Å². The van der Waals surface area contributed by atoms with Gasteiger partial charge in [0.15, 0.2) is 5.05 Å². The highest BCUT2D eigenvalue weighted by atomic mass is 32.1. The lowest BCUT2D eigenvalue weighted by Crippen LogP contribution is -2.10. The summed E-state index contributed by atoms with van der Waals surface area (Å²) in [4.78, 5) is 0. The molecule has 0 aliphatic heterocycles. The molecule has 0 aliphatic carbocycles. The second-order valence-corrected chi connectivity index (χ2v) is 2.86. The molecule has 0 N–H and O–H groups in total. The van der Waals surface area contributed by atoms with Crippen LogP contribution in [0.25, 0.3) is 0 Å². The van der Waals surface area contributed by atoms with Crippen LogP contribution in [0.5, 0.6) is 0 Å². The van der Waals surface area contributed by atoms with Crippen molar-refractivity contribution in [3.63, 3.8) is 0 Å². The second kappa shape index (κ2) is 4.10. The molecule has 0 saturated carbocycles. The summed E-state index contributed by atoms with van der Waals surface area (Å²) in [5.41, 5.74) is 0. The van der Waals surface area contributed by atoms with E-state index in [1.54, 1.807) is 11.6 Å². The van der Waals surface area contributed by atoms with Gasteiger partial charge in [0.05, 0.1) is 6.54 Å². The van der Waals surface area contributed by atoms with Crippen LogP contribution < -0.4 is 0 Å². The molecule has 5 nitrogen and oxygen atoms in total. The zero-order chi connectivity index (χ0) is 8.97. The fourth-order valence-corrected chi connectivity index (χ4v) is 0.815. The van der Waals surface area contributed by atoms with Crippen LogP contribution in [0.4, 0.5) is 0 Å². The summed E-state index contributed by atoms with van der Waals surface area (Å²) in [7, 11) is 0. The average Bonchev–Trinajstić information content (AvgIpc) is 2.36. The summed E-state index contributed by atoms with van der Waals surface area (Å²) in [6.45, 7) is 4.72. The lowest BCUT2D eigenvalue weighted by molar-refractivity contribution is 0.281. The molecule has 0 amide bonds. The Labute approximate surface area is 75.7 Å². The van der Waals surface area contributed by atoms with Crippen LogP contribution in [0.2, 0.25) is 0 Å². The number of aromatic nitrogens is 4. The Morgan fingerprint density at radius 1 is 1.67 bits per heavy atom. The van der Waals surface area contributed by atoms with E-state index in [2.05, 4.69) is 15.5 Å². The van der Waals surface area contributed by atoms with E-state index in [9.17, 15) is 0 Å². The second-order valence-electron chi connectivity index (χ2n) is 2.29. The zero-order valence-corrected chi connectivity index (χ0v) is 7.84. The zero-order valence-electron chi connectivity index (χ0n) is 7.02. The lowest BCUT2D eigenvalue weighted by atomic mass is 10.6. The average molecular weight is 186 g/mol. The van der Waals surface area contributed by atoms with E-state index < -0.39 is 0 Å². The minimum absolute atomic E-state index is 0.515. The predicted molar refractivity (Wildman–Crippen MR) is 46.8 cm³/mol. The van der Waals surface area contributed by atoms with Gasteiger partial charge in [-0.05, 0) is 29.6 Å². The van der Waals surface area contributed by atoms with Crippen molar-refractivity contribution in [3.05, 3.63) is 5.82 Å². The topological polar surface area (TPSA) is 52.8 Å². The van der Waals surface area contributed by atoms with Gasteiger partial charge in [-0.2, -0.15) is 0 Å². The third-order valence-electron chi connectivity index (χ3n) is 1.32. The first-order valence-corrected chi connectivity index (χ1v) is 3.97. The number of hydrogen-bond acceptors (Lipinski definition) is 5. The van der Waals surface area contributed by atoms with Crippen LogP contribution in [0, 0.1) is 6.92 Å². The van der Waals surface area contributed by atoms with Gasteiger partial charge in [0.1, 0.15) is 12.4 Å². The molecule has 12 heavy (non-hydrogen) atoms. The fraction of sp³-hybridized carbons (Fsp3) is 0.667. The third-order valence-corrected chi connectivity index (χ3v) is 1.44. The van der Waals surface area contributed by atoms with Crippen LogP contribution in [0.3, 0.4) is 0 Å². The number of hydrogen-bond donors (Lipinski definition) is 0. The van der Waals surface area contributed by atoms with Crippen LogP contribution in [0.1, 0.15) is 12.7 Å². The highest BCUT2D eigenvalue weighted by Gasteiger charge is 1.98. The van der Waals surface area contributed by atoms with Crippen LogP contribution in [-0.4, -0.2) is 31.9 Å². The van der Waals surface area contributed by atoms with Crippen LogP contribution in [0.15, 0.2) is 0 Å². The summed E-state index contributed by atoms with van der Waals surface area (Å²) in [5, 5.41) is 11.5. The minimum atomic E-state index is 0.515. The quantitative estimate of drug-likeness (QED) is 0.637. The predicted octanol–water partition coefficient (Wildman–Crippen LogP) is 0.345. The molecule has 0 aliphatic rings. The number of tetrazole rings is 1. The monoisotopic (exact) mass is 186 g/mol. The van der Waals surface area contributed by atoms with Gasteiger partial charge in [-0.25, -0.2) is 4.68 Å². The fourth-order valence-electron chi connectivity index (χ4n) is 0.732. The summed E-state index contributed by atoms with van der Waals surface area (Å²) < 4.78 is 6.75. The third kappa shape index (κ3) is 2.54. The van der Waals surface area contributed by atoms with E-state index >= 15 is 0 Å². The number of thiocarbonyl (C=S) groups is 1. The first kappa shape index (κ1) is 9.05. The van der Waals surface area contributed by atoms with Crippen molar-refractivity contribution < 1.29 is 4.74 Å². The molecule has 1 aromatic rings. The Morgan fingerprint density at radius 2 is 2.42 bits per heavy atom. The van der Waals surface area contributed by atoms with E-state index in [0.717, 1.165) is 5.82 Å². The normalized spacial score (nSPS) is 9.83. The molecular weight excluding hydrogens is 176 g/mol. The van der Waals surface area contributed by atoms with Gasteiger partial charge in [0.2, 0.25) is 0 Å². The van der Waals surface area contributed by atoms with Crippen molar-refractivity contribution in [2.75, 3.05) is 6.61 Å². The van der Waals surface area contributed by atoms with Gasteiger partial charge < -0.3 is 4.74 Å². The summed E-state index contributed by atoms with van der Waals surface area (Å²) in [6, 6.07) is 0. The molecule has 0 saturated heterocycles. The molecule has 0 aromatic carbocycles. The van der Waals surface area contributed by atoms with Crippen molar-refractivity contribution in [2.24, 2.45) is 0 Å². The maximum Gasteiger partial charge on any atom is 0.156 e. The highest BCUT2D eigenvalue weighted by molar-refractivity contribution is 7.80. The minimum Gasteiger partial charge on any atom is -0.485 e. The molecule has 0 radical (unpaired) electrons. The van der Waals surface area contributed by atoms with Crippen molar-refractivity contribution >= 4 is 17.3 Å². The smallest absolute Gasteiger partial charge is 0.156 e. The summed E-state index contributed by atoms with van der Waals surface area (Å²) >= 11 is 4.74. The summed E-state index contributed by atoms with van der Waals surface area (Å²) in [5.74, 6) is 0.778. The van der Waals surface area contributed by atoms with E-state index in [1.165, 1.54) is 0 Å². The van der Waals surface area contributed by atoms with Gasteiger partial charge in [0, 0.05) is 6.92 Å². The Morgan fingerprint density at radius 3 is 2.92 bits per heavy atom. The van der Waals surface area contributed by atoms with E-state index in [4.69, 9.17) is 17.0 Å². The van der Waals surface area contributed by atoms with Crippen LogP contribution in [-0.2, 0) is 11.3 Å². The molecule has 0 spiro atoms. The molecule has 0 fully saturated rings. The molecule has 1 heterocycles. The molecule has 0 bridgehead atoms. The maximum absolute atomic E-state index is 5.09. The van der Waals surface area contributed by atoms with Gasteiger partial charge in [-0.3, -0.25) is 0 Å².